The van der Waals surface area contributed by atoms with Crippen LogP contribution in [0.25, 0.3) is 0 Å². The van der Waals surface area contributed by atoms with Crippen molar-refractivity contribution in [1.29, 1.82) is 0 Å². The van der Waals surface area contributed by atoms with E-state index >= 15 is 0 Å². The van der Waals surface area contributed by atoms with Gasteiger partial charge >= 0.3 is 0 Å². The van der Waals surface area contributed by atoms with E-state index in [-0.39, 0.29) is 12.3 Å². The molecule has 4 nitrogen and oxygen atoms in total. The topological polar surface area (TPSA) is 47.6 Å². The summed E-state index contributed by atoms with van der Waals surface area (Å²) in [6.45, 7) is 0.978. The Morgan fingerprint density at radius 1 is 1.12 bits per heavy atom. The molecular weight excluding hydrogens is 336 g/mol. The summed E-state index contributed by atoms with van der Waals surface area (Å²) < 4.78 is 36.1. The summed E-state index contributed by atoms with van der Waals surface area (Å²) in [6, 6.07) is 11.8. The fraction of sp³-hybridized carbons (Fsp3) is 0.235. The first-order valence-electron chi connectivity index (χ1n) is 7.34. The van der Waals surface area contributed by atoms with Crippen LogP contribution in [0.2, 0.25) is 0 Å². The largest absolute Gasteiger partial charge is 0.486 e. The number of nitrogens with one attached hydrogen (secondary N) is 1. The lowest BCUT2D eigenvalue weighted by molar-refractivity contribution is -0.115. The minimum absolute atomic E-state index is 0.115. The van der Waals surface area contributed by atoms with Gasteiger partial charge in [-0.05, 0) is 29.8 Å². The van der Waals surface area contributed by atoms with Gasteiger partial charge in [0.05, 0.1) is 12.1 Å². The smallest absolute Gasteiger partial charge is 0.288 e. The van der Waals surface area contributed by atoms with E-state index in [0.29, 0.717) is 47.1 Å². The molecule has 0 spiro atoms. The lowest BCUT2D eigenvalue weighted by atomic mass is 10.1. The summed E-state index contributed by atoms with van der Waals surface area (Å²) in [5.74, 6) is -1.56. The summed E-state index contributed by atoms with van der Waals surface area (Å²) >= 11 is 0.407. The van der Waals surface area contributed by atoms with Gasteiger partial charge in [0.15, 0.2) is 11.5 Å². The van der Waals surface area contributed by atoms with E-state index < -0.39 is 5.76 Å². The number of thioether (sulfide) groups is 1. The van der Waals surface area contributed by atoms with Crippen molar-refractivity contribution in [3.05, 3.63) is 48.0 Å². The van der Waals surface area contributed by atoms with E-state index in [2.05, 4.69) is 5.32 Å². The zero-order valence-corrected chi connectivity index (χ0v) is 13.4. The highest BCUT2D eigenvalue weighted by atomic mass is 32.2. The number of carbonyl (C=O) groups excluding carboxylic acids is 1. The SMILES string of the molecule is O=C(Cc1ccc2c(c1)OCCO2)Nc1ccccc1SC(F)F. The third kappa shape index (κ3) is 4.17. The Kier molecular flexibility index (Phi) is 5.20. The quantitative estimate of drug-likeness (QED) is 0.829. The molecule has 3 rings (SSSR count). The number of anilines is 1. The van der Waals surface area contributed by atoms with Gasteiger partial charge in [-0.3, -0.25) is 4.79 Å². The molecule has 0 radical (unpaired) electrons. The van der Waals surface area contributed by atoms with Gasteiger partial charge in [0, 0.05) is 4.90 Å². The third-order valence-electron chi connectivity index (χ3n) is 3.35. The minimum atomic E-state index is -2.54. The maximum atomic E-state index is 12.6. The van der Waals surface area contributed by atoms with Crippen molar-refractivity contribution in [3.63, 3.8) is 0 Å². The normalized spacial score (nSPS) is 13.0. The van der Waals surface area contributed by atoms with Crippen molar-refractivity contribution >= 4 is 23.4 Å². The number of fused-ring (bicyclic) bond motifs is 1. The summed E-state index contributed by atoms with van der Waals surface area (Å²) in [4.78, 5) is 12.5. The van der Waals surface area contributed by atoms with Crippen molar-refractivity contribution in [1.82, 2.24) is 0 Å². The van der Waals surface area contributed by atoms with Crippen molar-refractivity contribution in [3.8, 4) is 11.5 Å². The van der Waals surface area contributed by atoms with Crippen molar-refractivity contribution < 1.29 is 23.0 Å². The second-order valence-corrected chi connectivity index (χ2v) is 6.11. The molecule has 1 aliphatic rings. The number of halogens is 2. The monoisotopic (exact) mass is 351 g/mol. The van der Waals surface area contributed by atoms with Crippen LogP contribution in [-0.4, -0.2) is 24.9 Å². The molecule has 2 aromatic rings. The van der Waals surface area contributed by atoms with E-state index in [4.69, 9.17) is 9.47 Å². The molecular formula is C17H15F2NO3S. The number of hydrogen-bond acceptors (Lipinski definition) is 4. The molecule has 0 bridgehead atoms. The second-order valence-electron chi connectivity index (χ2n) is 5.08. The van der Waals surface area contributed by atoms with Crippen LogP contribution in [0.1, 0.15) is 5.56 Å². The predicted octanol–water partition coefficient (Wildman–Crippen LogP) is 3.95. The molecule has 1 amide bonds. The van der Waals surface area contributed by atoms with Crippen LogP contribution in [0.5, 0.6) is 11.5 Å². The molecule has 0 aliphatic carbocycles. The van der Waals surface area contributed by atoms with Crippen molar-refractivity contribution in [2.75, 3.05) is 18.5 Å². The molecule has 1 aliphatic heterocycles. The fourth-order valence-corrected chi connectivity index (χ4v) is 2.94. The molecule has 126 valence electrons. The van der Waals surface area contributed by atoms with Crippen LogP contribution < -0.4 is 14.8 Å². The molecule has 24 heavy (non-hydrogen) atoms. The molecule has 0 aromatic heterocycles. The number of ether oxygens (including phenoxy) is 2. The average Bonchev–Trinajstić information content (AvgIpc) is 2.56. The van der Waals surface area contributed by atoms with Gasteiger partial charge in [-0.25, -0.2) is 0 Å². The highest BCUT2D eigenvalue weighted by Crippen LogP contribution is 2.33. The van der Waals surface area contributed by atoms with Crippen molar-refractivity contribution in [2.24, 2.45) is 0 Å². The molecule has 1 N–H and O–H groups in total. The second kappa shape index (κ2) is 7.53. The summed E-state index contributed by atoms with van der Waals surface area (Å²) in [6.07, 6.45) is 0.115. The van der Waals surface area contributed by atoms with Crippen LogP contribution in [0.15, 0.2) is 47.4 Å². The first-order chi connectivity index (χ1) is 11.6. The molecule has 0 fully saturated rings. The zero-order chi connectivity index (χ0) is 16.9. The number of alkyl halides is 2. The summed E-state index contributed by atoms with van der Waals surface area (Å²) in [5, 5.41) is 2.68. The van der Waals surface area contributed by atoms with Crippen molar-refractivity contribution in [2.45, 2.75) is 17.1 Å². The zero-order valence-electron chi connectivity index (χ0n) is 12.6. The minimum Gasteiger partial charge on any atom is -0.486 e. The maximum absolute atomic E-state index is 12.6. The Morgan fingerprint density at radius 2 is 1.88 bits per heavy atom. The van der Waals surface area contributed by atoms with Crippen LogP contribution in [0, 0.1) is 0 Å². The molecule has 7 heteroatoms. The van der Waals surface area contributed by atoms with Gasteiger partial charge in [0.1, 0.15) is 13.2 Å². The Bertz CT molecular complexity index is 740. The molecule has 1 heterocycles. The summed E-state index contributed by atoms with van der Waals surface area (Å²) in [5.41, 5.74) is 1.14. The highest BCUT2D eigenvalue weighted by molar-refractivity contribution is 7.99. The van der Waals surface area contributed by atoms with E-state index in [1.54, 1.807) is 42.5 Å². The summed E-state index contributed by atoms with van der Waals surface area (Å²) in [7, 11) is 0. The van der Waals surface area contributed by atoms with Gasteiger partial charge < -0.3 is 14.8 Å². The Balaban J connectivity index is 1.68. The first kappa shape index (κ1) is 16.6. The van der Waals surface area contributed by atoms with E-state index in [0.717, 1.165) is 5.56 Å². The Labute approximate surface area is 142 Å². The molecule has 0 saturated carbocycles. The first-order valence-corrected chi connectivity index (χ1v) is 8.22. The lowest BCUT2D eigenvalue weighted by Crippen LogP contribution is -2.17. The van der Waals surface area contributed by atoms with Crippen LogP contribution in [0.4, 0.5) is 14.5 Å². The lowest BCUT2D eigenvalue weighted by Gasteiger charge is -2.18. The van der Waals surface area contributed by atoms with E-state index in [1.807, 2.05) is 0 Å². The highest BCUT2D eigenvalue weighted by Gasteiger charge is 2.15. The van der Waals surface area contributed by atoms with E-state index in [1.165, 1.54) is 0 Å². The number of para-hydroxylation sites is 1. The number of hydrogen-bond donors (Lipinski definition) is 1. The Morgan fingerprint density at radius 3 is 2.67 bits per heavy atom. The number of amides is 1. The fourth-order valence-electron chi connectivity index (χ4n) is 2.35. The van der Waals surface area contributed by atoms with Gasteiger partial charge in [0.25, 0.3) is 5.76 Å². The van der Waals surface area contributed by atoms with E-state index in [9.17, 15) is 13.6 Å². The molecule has 0 atom stereocenters. The van der Waals surface area contributed by atoms with Crippen LogP contribution in [0.3, 0.4) is 0 Å². The van der Waals surface area contributed by atoms with Crippen LogP contribution in [-0.2, 0) is 11.2 Å². The standard InChI is InChI=1S/C17H15F2NO3S/c18-17(19)24-15-4-2-1-3-12(15)20-16(21)10-11-5-6-13-14(9-11)23-8-7-22-13/h1-6,9,17H,7-8,10H2,(H,20,21). The third-order valence-corrected chi connectivity index (χ3v) is 4.14. The number of rotatable bonds is 5. The molecule has 2 aromatic carbocycles. The average molecular weight is 351 g/mol. The molecule has 0 unspecified atom stereocenters. The maximum Gasteiger partial charge on any atom is 0.288 e. The van der Waals surface area contributed by atoms with Gasteiger partial charge in [-0.15, -0.1) is 0 Å². The molecule has 0 saturated heterocycles. The number of carbonyl (C=O) groups is 1. The predicted molar refractivity (Wildman–Crippen MR) is 88.1 cm³/mol. The van der Waals surface area contributed by atoms with Gasteiger partial charge in [0.2, 0.25) is 5.91 Å². The van der Waals surface area contributed by atoms with Gasteiger partial charge in [-0.2, -0.15) is 8.78 Å². The van der Waals surface area contributed by atoms with Gasteiger partial charge in [-0.1, -0.05) is 30.0 Å². The van der Waals surface area contributed by atoms with Crippen LogP contribution >= 0.6 is 11.8 Å². The number of benzene rings is 2. The Hall–Kier alpha value is -2.28.